The first kappa shape index (κ1) is 23.1. The van der Waals surface area contributed by atoms with Gasteiger partial charge in [0, 0.05) is 26.2 Å². The first-order chi connectivity index (χ1) is 17.7. The van der Waals surface area contributed by atoms with E-state index < -0.39 is 0 Å². The standard InChI is InChI=1S/C27H24N4O5/c1-33-23-10-6-5-9-21(23)26(32)30-13-15-31(16-14-30)27-22(17-28)29-25(36-27)24-12-11-20(35-24)18-34-19-7-3-2-4-8-19/h2-12H,13-16,18H2,1H3. The monoisotopic (exact) mass is 484 g/mol. The maximum Gasteiger partial charge on any atom is 0.266 e. The van der Waals surface area contributed by atoms with Crippen LogP contribution in [0.1, 0.15) is 21.8 Å². The van der Waals surface area contributed by atoms with Gasteiger partial charge in [0.1, 0.15) is 29.9 Å². The second-order valence-corrected chi connectivity index (χ2v) is 8.13. The normalized spacial score (nSPS) is 13.3. The van der Waals surface area contributed by atoms with Crippen LogP contribution in [0.3, 0.4) is 0 Å². The molecule has 0 atom stereocenters. The van der Waals surface area contributed by atoms with Crippen LogP contribution in [0, 0.1) is 11.3 Å². The van der Waals surface area contributed by atoms with Crippen LogP contribution in [0.15, 0.2) is 75.6 Å². The van der Waals surface area contributed by atoms with Gasteiger partial charge < -0.3 is 28.1 Å². The molecule has 1 saturated heterocycles. The van der Waals surface area contributed by atoms with Gasteiger partial charge >= 0.3 is 0 Å². The fourth-order valence-corrected chi connectivity index (χ4v) is 4.05. The first-order valence-electron chi connectivity index (χ1n) is 11.5. The zero-order valence-electron chi connectivity index (χ0n) is 19.7. The van der Waals surface area contributed by atoms with Crippen molar-refractivity contribution >= 4 is 11.8 Å². The number of hydrogen-bond acceptors (Lipinski definition) is 8. The van der Waals surface area contributed by atoms with Gasteiger partial charge in [-0.25, -0.2) is 0 Å². The molecule has 0 unspecified atom stereocenters. The van der Waals surface area contributed by atoms with Gasteiger partial charge in [0.15, 0.2) is 5.76 Å². The van der Waals surface area contributed by atoms with Crippen LogP contribution in [0.25, 0.3) is 11.7 Å². The lowest BCUT2D eigenvalue weighted by molar-refractivity contribution is 0.0742. The molecule has 0 aliphatic carbocycles. The number of piperazine rings is 1. The Morgan fingerprint density at radius 2 is 1.75 bits per heavy atom. The van der Waals surface area contributed by atoms with Crippen LogP contribution in [0.5, 0.6) is 11.5 Å². The van der Waals surface area contributed by atoms with E-state index in [2.05, 4.69) is 11.1 Å². The number of anilines is 1. The number of hydrogen-bond donors (Lipinski definition) is 0. The third-order valence-electron chi connectivity index (χ3n) is 5.90. The molecular weight excluding hydrogens is 460 g/mol. The number of benzene rings is 2. The number of rotatable bonds is 7. The SMILES string of the molecule is COc1ccccc1C(=O)N1CCN(c2oc(-c3ccc(COc4ccccc4)o3)nc2C#N)CC1. The van der Waals surface area contributed by atoms with Crippen molar-refractivity contribution in [2.75, 3.05) is 38.2 Å². The van der Waals surface area contributed by atoms with E-state index in [1.54, 1.807) is 36.3 Å². The minimum absolute atomic E-state index is 0.0910. The molecule has 0 bridgehead atoms. The van der Waals surface area contributed by atoms with E-state index in [1.165, 1.54) is 0 Å². The predicted molar refractivity (Wildman–Crippen MR) is 131 cm³/mol. The molecule has 4 aromatic rings. The van der Waals surface area contributed by atoms with Gasteiger partial charge in [0.25, 0.3) is 11.8 Å². The summed E-state index contributed by atoms with van der Waals surface area (Å²) in [6, 6.07) is 22.3. The molecule has 0 saturated carbocycles. The molecule has 2 aromatic heterocycles. The van der Waals surface area contributed by atoms with E-state index in [-0.39, 0.29) is 24.1 Å². The van der Waals surface area contributed by atoms with E-state index in [0.29, 0.717) is 54.9 Å². The number of nitriles is 1. The highest BCUT2D eigenvalue weighted by Crippen LogP contribution is 2.30. The molecule has 0 N–H and O–H groups in total. The van der Waals surface area contributed by atoms with Crippen molar-refractivity contribution < 1.29 is 23.1 Å². The fourth-order valence-electron chi connectivity index (χ4n) is 4.05. The third-order valence-corrected chi connectivity index (χ3v) is 5.90. The second-order valence-electron chi connectivity index (χ2n) is 8.13. The Labute approximate surface area is 208 Å². The number of furan rings is 1. The van der Waals surface area contributed by atoms with Crippen molar-refractivity contribution in [3.63, 3.8) is 0 Å². The summed E-state index contributed by atoms with van der Waals surface area (Å²) in [6.07, 6.45) is 0. The van der Waals surface area contributed by atoms with Crippen molar-refractivity contribution in [2.24, 2.45) is 0 Å². The molecule has 1 fully saturated rings. The summed E-state index contributed by atoms with van der Waals surface area (Å²) < 4.78 is 22.8. The number of nitrogens with zero attached hydrogens (tertiary/aromatic N) is 4. The summed E-state index contributed by atoms with van der Waals surface area (Å²) in [5.74, 6) is 2.81. The smallest absolute Gasteiger partial charge is 0.266 e. The molecule has 9 nitrogen and oxygen atoms in total. The van der Waals surface area contributed by atoms with E-state index in [9.17, 15) is 10.1 Å². The summed E-state index contributed by atoms with van der Waals surface area (Å²) in [4.78, 5) is 21.0. The minimum Gasteiger partial charge on any atom is -0.496 e. The Bertz CT molecular complexity index is 1380. The van der Waals surface area contributed by atoms with Crippen LogP contribution in [-0.4, -0.2) is 49.1 Å². The van der Waals surface area contributed by atoms with Gasteiger partial charge in [-0.2, -0.15) is 10.2 Å². The predicted octanol–water partition coefficient (Wildman–Crippen LogP) is 4.36. The van der Waals surface area contributed by atoms with Gasteiger partial charge in [-0.15, -0.1) is 0 Å². The number of aromatic nitrogens is 1. The van der Waals surface area contributed by atoms with E-state index in [0.717, 1.165) is 5.75 Å². The Hall–Kier alpha value is -4.71. The number of para-hydroxylation sites is 2. The number of oxazole rings is 1. The van der Waals surface area contributed by atoms with Gasteiger partial charge in [-0.05, 0) is 36.4 Å². The molecule has 1 aliphatic heterocycles. The lowest BCUT2D eigenvalue weighted by Crippen LogP contribution is -2.49. The van der Waals surface area contributed by atoms with Crippen molar-refractivity contribution in [1.82, 2.24) is 9.88 Å². The van der Waals surface area contributed by atoms with Crippen molar-refractivity contribution in [3.05, 3.63) is 83.7 Å². The average molecular weight is 485 g/mol. The summed E-state index contributed by atoms with van der Waals surface area (Å²) in [7, 11) is 1.55. The fraction of sp³-hybridized carbons (Fsp3) is 0.222. The highest BCUT2D eigenvalue weighted by atomic mass is 16.5. The van der Waals surface area contributed by atoms with Gasteiger partial charge in [0.05, 0.1) is 12.7 Å². The number of methoxy groups -OCH3 is 1. The Morgan fingerprint density at radius 3 is 2.50 bits per heavy atom. The van der Waals surface area contributed by atoms with E-state index >= 15 is 0 Å². The van der Waals surface area contributed by atoms with E-state index in [4.69, 9.17) is 18.3 Å². The molecule has 1 aliphatic rings. The first-order valence-corrected chi connectivity index (χ1v) is 11.5. The third kappa shape index (κ3) is 4.74. The Balaban J connectivity index is 1.25. The molecule has 0 radical (unpaired) electrons. The topological polar surface area (TPSA) is 105 Å². The maximum absolute atomic E-state index is 13.0. The van der Waals surface area contributed by atoms with Crippen LogP contribution in [-0.2, 0) is 6.61 Å². The lowest BCUT2D eigenvalue weighted by Gasteiger charge is -2.34. The van der Waals surface area contributed by atoms with Gasteiger partial charge in [0.2, 0.25) is 11.6 Å². The molecule has 36 heavy (non-hydrogen) atoms. The number of ether oxygens (including phenoxy) is 2. The molecule has 0 spiro atoms. The summed E-state index contributed by atoms with van der Waals surface area (Å²) in [5.41, 5.74) is 0.700. The van der Waals surface area contributed by atoms with E-state index in [1.807, 2.05) is 47.4 Å². The maximum atomic E-state index is 13.0. The minimum atomic E-state index is -0.0910. The zero-order valence-corrected chi connectivity index (χ0v) is 19.7. The molecule has 2 aromatic carbocycles. The molecule has 9 heteroatoms. The van der Waals surface area contributed by atoms with Crippen LogP contribution >= 0.6 is 0 Å². The highest BCUT2D eigenvalue weighted by Gasteiger charge is 2.28. The Kier molecular flexibility index (Phi) is 6.58. The van der Waals surface area contributed by atoms with Crippen molar-refractivity contribution in [1.29, 1.82) is 5.26 Å². The molecule has 5 rings (SSSR count). The van der Waals surface area contributed by atoms with Crippen molar-refractivity contribution in [2.45, 2.75) is 6.61 Å². The average Bonchev–Trinajstić information content (AvgIpc) is 3.59. The number of carbonyl (C=O) groups is 1. The second kappa shape index (κ2) is 10.3. The zero-order chi connectivity index (χ0) is 24.9. The van der Waals surface area contributed by atoms with Crippen LogP contribution < -0.4 is 14.4 Å². The summed E-state index contributed by atoms with van der Waals surface area (Å²) >= 11 is 0. The van der Waals surface area contributed by atoms with Crippen molar-refractivity contribution in [3.8, 4) is 29.2 Å². The summed E-state index contributed by atoms with van der Waals surface area (Å²) in [6.45, 7) is 2.20. The summed E-state index contributed by atoms with van der Waals surface area (Å²) in [5, 5.41) is 9.64. The number of carbonyl (C=O) groups excluding carboxylic acids is 1. The largest absolute Gasteiger partial charge is 0.496 e. The highest BCUT2D eigenvalue weighted by molar-refractivity contribution is 5.97. The Morgan fingerprint density at radius 1 is 1.00 bits per heavy atom. The van der Waals surface area contributed by atoms with Crippen LogP contribution in [0.4, 0.5) is 5.88 Å². The number of amides is 1. The molecule has 3 heterocycles. The van der Waals surface area contributed by atoms with Gasteiger partial charge in [-0.1, -0.05) is 30.3 Å². The molecular formula is C27H24N4O5. The van der Waals surface area contributed by atoms with Gasteiger partial charge in [-0.3, -0.25) is 4.79 Å². The molecule has 1 amide bonds. The van der Waals surface area contributed by atoms with Crippen LogP contribution in [0.2, 0.25) is 0 Å². The quantitative estimate of drug-likeness (QED) is 0.381. The lowest BCUT2D eigenvalue weighted by atomic mass is 10.1. The molecule has 182 valence electrons.